The summed E-state index contributed by atoms with van der Waals surface area (Å²) in [7, 11) is 0. The zero-order chi connectivity index (χ0) is 19.2. The molecule has 0 spiro atoms. The van der Waals surface area contributed by atoms with E-state index in [1.165, 1.54) is 25.7 Å². The van der Waals surface area contributed by atoms with E-state index < -0.39 is 0 Å². The molecule has 1 aromatic carbocycles. The molecule has 1 saturated carbocycles. The minimum absolute atomic E-state index is 0.381. The molecule has 3 aromatic rings. The quantitative estimate of drug-likeness (QED) is 0.669. The number of fused-ring (bicyclic) bond motifs is 1. The lowest BCUT2D eigenvalue weighted by molar-refractivity contribution is 0.364. The number of benzene rings is 1. The predicted molar refractivity (Wildman–Crippen MR) is 111 cm³/mol. The van der Waals surface area contributed by atoms with E-state index in [2.05, 4.69) is 32.1 Å². The maximum Gasteiger partial charge on any atom is 0.229 e. The third-order valence-corrected chi connectivity index (χ3v) is 6.48. The van der Waals surface area contributed by atoms with Gasteiger partial charge in [-0.15, -0.1) is 0 Å². The third-order valence-electron chi connectivity index (χ3n) is 6.48. The Morgan fingerprint density at radius 1 is 0.724 bits per heavy atom. The van der Waals surface area contributed by atoms with Crippen LogP contribution in [0.4, 0.5) is 11.6 Å². The van der Waals surface area contributed by atoms with Gasteiger partial charge in [0.05, 0.1) is 11.0 Å². The Bertz CT molecular complexity index is 1020. The van der Waals surface area contributed by atoms with Crippen LogP contribution in [0, 0.1) is 0 Å². The largest absolute Gasteiger partial charge is 0.354 e. The SMILES string of the molecule is c1ccc2nc(N3CCC(c4noc(C5CC5)n4)CC3)c(N3CCCC3)nc2c1. The molecule has 150 valence electrons. The molecule has 3 aliphatic rings. The summed E-state index contributed by atoms with van der Waals surface area (Å²) in [4.78, 5) is 19.6. The first kappa shape index (κ1) is 17.2. The molecule has 4 heterocycles. The van der Waals surface area contributed by atoms with Gasteiger partial charge in [0, 0.05) is 38.0 Å². The Hall–Kier alpha value is -2.70. The average Bonchev–Trinajstić information content (AvgIpc) is 3.27. The second-order valence-electron chi connectivity index (χ2n) is 8.58. The van der Waals surface area contributed by atoms with Gasteiger partial charge >= 0.3 is 0 Å². The highest BCUT2D eigenvalue weighted by Gasteiger charge is 2.33. The van der Waals surface area contributed by atoms with Gasteiger partial charge in [0.2, 0.25) is 5.89 Å². The molecule has 0 atom stereocenters. The lowest BCUT2D eigenvalue weighted by atomic mass is 9.96. The Kier molecular flexibility index (Phi) is 4.13. The Balaban J connectivity index is 1.26. The number of hydrogen-bond acceptors (Lipinski definition) is 7. The van der Waals surface area contributed by atoms with Crippen LogP contribution >= 0.6 is 0 Å². The predicted octanol–water partition coefficient (Wildman–Crippen LogP) is 3.87. The molecule has 2 aromatic heterocycles. The van der Waals surface area contributed by atoms with Crippen LogP contribution in [0.25, 0.3) is 11.0 Å². The average molecular weight is 390 g/mol. The summed E-state index contributed by atoms with van der Waals surface area (Å²) in [6.07, 6.45) is 6.91. The smallest absolute Gasteiger partial charge is 0.229 e. The van der Waals surface area contributed by atoms with Crippen molar-refractivity contribution in [1.82, 2.24) is 20.1 Å². The van der Waals surface area contributed by atoms with E-state index >= 15 is 0 Å². The minimum atomic E-state index is 0.381. The van der Waals surface area contributed by atoms with E-state index in [9.17, 15) is 0 Å². The van der Waals surface area contributed by atoms with Gasteiger partial charge < -0.3 is 14.3 Å². The molecular formula is C22H26N6O. The Morgan fingerprint density at radius 3 is 1.97 bits per heavy atom. The summed E-state index contributed by atoms with van der Waals surface area (Å²) in [6, 6.07) is 8.20. The first-order chi connectivity index (χ1) is 14.3. The molecule has 1 aliphatic carbocycles. The van der Waals surface area contributed by atoms with Crippen LogP contribution in [-0.4, -0.2) is 46.3 Å². The molecule has 3 fully saturated rings. The Labute approximate surface area is 170 Å². The van der Waals surface area contributed by atoms with Crippen molar-refractivity contribution >= 4 is 22.7 Å². The molecule has 29 heavy (non-hydrogen) atoms. The van der Waals surface area contributed by atoms with Gasteiger partial charge in [-0.25, -0.2) is 9.97 Å². The van der Waals surface area contributed by atoms with Crippen LogP contribution in [0.1, 0.15) is 62.1 Å². The van der Waals surface area contributed by atoms with Crippen molar-refractivity contribution in [2.24, 2.45) is 0 Å². The van der Waals surface area contributed by atoms with Crippen LogP contribution in [-0.2, 0) is 0 Å². The van der Waals surface area contributed by atoms with Crippen molar-refractivity contribution in [3.8, 4) is 0 Å². The van der Waals surface area contributed by atoms with Gasteiger partial charge in [0.15, 0.2) is 17.5 Å². The third kappa shape index (κ3) is 3.22. The fourth-order valence-corrected chi connectivity index (χ4v) is 4.59. The zero-order valence-corrected chi connectivity index (χ0v) is 16.6. The van der Waals surface area contributed by atoms with Gasteiger partial charge in [-0.05, 0) is 50.7 Å². The van der Waals surface area contributed by atoms with E-state index in [0.717, 1.165) is 73.4 Å². The lowest BCUT2D eigenvalue weighted by Gasteiger charge is -2.34. The highest BCUT2D eigenvalue weighted by atomic mass is 16.5. The number of rotatable bonds is 4. The molecule has 0 radical (unpaired) electrons. The number of hydrogen-bond donors (Lipinski definition) is 0. The van der Waals surface area contributed by atoms with Gasteiger partial charge in [-0.2, -0.15) is 4.98 Å². The summed E-state index contributed by atoms with van der Waals surface area (Å²) in [5, 5.41) is 4.28. The minimum Gasteiger partial charge on any atom is -0.354 e. The highest BCUT2D eigenvalue weighted by Crippen LogP contribution is 2.40. The zero-order valence-electron chi connectivity index (χ0n) is 16.6. The van der Waals surface area contributed by atoms with Gasteiger partial charge in [-0.1, -0.05) is 17.3 Å². The van der Waals surface area contributed by atoms with Crippen molar-refractivity contribution in [3.63, 3.8) is 0 Å². The maximum absolute atomic E-state index is 5.48. The van der Waals surface area contributed by atoms with Crippen LogP contribution in [0.15, 0.2) is 28.8 Å². The fourth-order valence-electron chi connectivity index (χ4n) is 4.59. The van der Waals surface area contributed by atoms with Crippen molar-refractivity contribution in [3.05, 3.63) is 36.0 Å². The molecule has 2 saturated heterocycles. The lowest BCUT2D eigenvalue weighted by Crippen LogP contribution is -2.35. The van der Waals surface area contributed by atoms with E-state index in [1.807, 2.05) is 12.1 Å². The van der Waals surface area contributed by atoms with Gasteiger partial charge in [0.1, 0.15) is 0 Å². The number of aromatic nitrogens is 4. The molecule has 6 rings (SSSR count). The summed E-state index contributed by atoms with van der Waals surface area (Å²) in [6.45, 7) is 4.05. The van der Waals surface area contributed by atoms with Crippen LogP contribution < -0.4 is 9.80 Å². The van der Waals surface area contributed by atoms with Gasteiger partial charge in [0.25, 0.3) is 0 Å². The number of nitrogens with zero attached hydrogens (tertiary/aromatic N) is 6. The van der Waals surface area contributed by atoms with E-state index in [-0.39, 0.29) is 0 Å². The molecule has 0 N–H and O–H groups in total. The van der Waals surface area contributed by atoms with E-state index in [4.69, 9.17) is 14.5 Å². The molecule has 2 aliphatic heterocycles. The van der Waals surface area contributed by atoms with Crippen molar-refractivity contribution in [2.45, 2.75) is 50.4 Å². The van der Waals surface area contributed by atoms with Crippen LogP contribution in [0.2, 0.25) is 0 Å². The normalized spacial score (nSPS) is 20.7. The van der Waals surface area contributed by atoms with Crippen LogP contribution in [0.3, 0.4) is 0 Å². The molecule has 0 bridgehead atoms. The topological polar surface area (TPSA) is 71.2 Å². The van der Waals surface area contributed by atoms with Crippen molar-refractivity contribution < 1.29 is 4.52 Å². The summed E-state index contributed by atoms with van der Waals surface area (Å²) in [5.74, 6) is 4.74. The molecule has 7 nitrogen and oxygen atoms in total. The highest BCUT2D eigenvalue weighted by molar-refractivity contribution is 5.81. The summed E-state index contributed by atoms with van der Waals surface area (Å²) in [5.41, 5.74) is 1.95. The number of anilines is 2. The van der Waals surface area contributed by atoms with E-state index in [0.29, 0.717) is 11.8 Å². The fraction of sp³-hybridized carbons (Fsp3) is 0.545. The van der Waals surface area contributed by atoms with Crippen molar-refractivity contribution in [2.75, 3.05) is 36.0 Å². The molecular weight excluding hydrogens is 364 g/mol. The van der Waals surface area contributed by atoms with Crippen molar-refractivity contribution in [1.29, 1.82) is 0 Å². The first-order valence-electron chi connectivity index (χ1n) is 11.0. The van der Waals surface area contributed by atoms with Gasteiger partial charge in [-0.3, -0.25) is 0 Å². The second kappa shape index (κ2) is 6.97. The Morgan fingerprint density at radius 2 is 1.34 bits per heavy atom. The second-order valence-corrected chi connectivity index (χ2v) is 8.58. The standard InChI is InChI=1S/C22H26N6O/c1-2-6-18-17(5-1)23-20(27-11-3-4-12-27)21(24-18)28-13-9-15(10-14-28)19-25-22(29-26-19)16-7-8-16/h1-2,5-6,15-16H,3-4,7-14H2. The molecule has 7 heteroatoms. The molecule has 0 amide bonds. The number of para-hydroxylation sites is 2. The number of piperidine rings is 1. The molecule has 0 unspecified atom stereocenters. The summed E-state index contributed by atoms with van der Waals surface area (Å²) < 4.78 is 5.48. The van der Waals surface area contributed by atoms with E-state index in [1.54, 1.807) is 0 Å². The van der Waals surface area contributed by atoms with Crippen LogP contribution in [0.5, 0.6) is 0 Å². The summed E-state index contributed by atoms with van der Waals surface area (Å²) >= 11 is 0. The monoisotopic (exact) mass is 390 g/mol. The maximum atomic E-state index is 5.48. The first-order valence-corrected chi connectivity index (χ1v) is 11.0.